The predicted octanol–water partition coefficient (Wildman–Crippen LogP) is 6.87. The maximum Gasteiger partial charge on any atom is 0.336 e. The first-order valence-corrected chi connectivity index (χ1v) is 10.7. The molecular formula is C21H25BrO3S. The van der Waals surface area contributed by atoms with Crippen LogP contribution in [0.3, 0.4) is 0 Å². The lowest BCUT2D eigenvalue weighted by Crippen LogP contribution is -2.03. The zero-order chi connectivity index (χ0) is 18.6. The van der Waals surface area contributed by atoms with Gasteiger partial charge < -0.3 is 9.47 Å². The highest BCUT2D eigenvalue weighted by Crippen LogP contribution is 2.23. The van der Waals surface area contributed by atoms with Gasteiger partial charge in [-0.05, 0) is 64.8 Å². The Kier molecular flexibility index (Phi) is 9.50. The minimum atomic E-state index is -0.393. The third-order valence-corrected chi connectivity index (χ3v) is 5.38. The Morgan fingerprint density at radius 2 is 1.69 bits per heavy atom. The van der Waals surface area contributed by atoms with Crippen molar-refractivity contribution in [1.82, 2.24) is 0 Å². The lowest BCUT2D eigenvalue weighted by molar-refractivity contribution is -0.128. The number of thiophene rings is 1. The van der Waals surface area contributed by atoms with Gasteiger partial charge in [0.2, 0.25) is 0 Å². The molecule has 1 heterocycles. The van der Waals surface area contributed by atoms with Gasteiger partial charge >= 0.3 is 5.97 Å². The molecule has 140 valence electrons. The minimum absolute atomic E-state index is 0.393. The Hall–Kier alpha value is -1.59. The molecule has 3 nitrogen and oxygen atoms in total. The molecular weight excluding hydrogens is 412 g/mol. The average molecular weight is 437 g/mol. The van der Waals surface area contributed by atoms with Gasteiger partial charge in [-0.3, -0.25) is 0 Å². The van der Waals surface area contributed by atoms with E-state index in [1.807, 2.05) is 24.3 Å². The lowest BCUT2D eigenvalue weighted by atomic mass is 10.1. The zero-order valence-corrected chi connectivity index (χ0v) is 17.5. The monoisotopic (exact) mass is 436 g/mol. The van der Waals surface area contributed by atoms with Gasteiger partial charge in [-0.2, -0.15) is 0 Å². The quantitative estimate of drug-likeness (QED) is 0.167. The van der Waals surface area contributed by atoms with E-state index in [1.54, 1.807) is 29.5 Å². The Labute approximate surface area is 168 Å². The van der Waals surface area contributed by atoms with Crippen molar-refractivity contribution >= 4 is 39.3 Å². The Balaban J connectivity index is 1.68. The SMILES string of the molecule is CCCCCCCCOc1ccc(OC(=O)C=Cc2ccc(Br)s2)cc1. The second-order valence-corrected chi connectivity index (χ2v) is 8.48. The number of unbranched alkanes of at least 4 members (excludes halogenated alkanes) is 5. The van der Waals surface area contributed by atoms with Crippen LogP contribution in [0.25, 0.3) is 6.08 Å². The normalized spacial score (nSPS) is 11.0. The van der Waals surface area contributed by atoms with Crippen LogP contribution in [0.5, 0.6) is 11.5 Å². The van der Waals surface area contributed by atoms with Crippen LogP contribution < -0.4 is 9.47 Å². The fourth-order valence-electron chi connectivity index (χ4n) is 2.39. The molecule has 0 atom stereocenters. The lowest BCUT2D eigenvalue weighted by Gasteiger charge is -2.07. The number of esters is 1. The number of carbonyl (C=O) groups excluding carboxylic acids is 1. The van der Waals surface area contributed by atoms with E-state index >= 15 is 0 Å². The molecule has 0 fully saturated rings. The van der Waals surface area contributed by atoms with Crippen LogP contribution in [0, 0.1) is 0 Å². The zero-order valence-electron chi connectivity index (χ0n) is 15.1. The highest BCUT2D eigenvalue weighted by atomic mass is 79.9. The van der Waals surface area contributed by atoms with Gasteiger partial charge in [0.15, 0.2) is 0 Å². The number of halogens is 1. The number of rotatable bonds is 11. The second-order valence-electron chi connectivity index (χ2n) is 5.98. The molecule has 2 rings (SSSR count). The average Bonchev–Trinajstić information content (AvgIpc) is 3.06. The summed E-state index contributed by atoms with van der Waals surface area (Å²) in [7, 11) is 0. The summed E-state index contributed by atoms with van der Waals surface area (Å²) in [6.45, 7) is 2.95. The second kappa shape index (κ2) is 11.9. The van der Waals surface area contributed by atoms with Crippen LogP contribution in [-0.2, 0) is 4.79 Å². The first-order chi connectivity index (χ1) is 12.7. The molecule has 1 aromatic carbocycles. The molecule has 2 aromatic rings. The third-order valence-electron chi connectivity index (χ3n) is 3.79. The van der Waals surface area contributed by atoms with E-state index in [0.717, 1.165) is 27.4 Å². The summed E-state index contributed by atoms with van der Waals surface area (Å²) in [4.78, 5) is 12.8. The van der Waals surface area contributed by atoms with Crippen molar-refractivity contribution in [3.05, 3.63) is 51.1 Å². The molecule has 0 N–H and O–H groups in total. The molecule has 26 heavy (non-hydrogen) atoms. The maximum absolute atomic E-state index is 11.8. The Morgan fingerprint density at radius 1 is 1.00 bits per heavy atom. The number of ether oxygens (including phenoxy) is 2. The highest BCUT2D eigenvalue weighted by molar-refractivity contribution is 9.11. The van der Waals surface area contributed by atoms with E-state index in [4.69, 9.17) is 9.47 Å². The Bertz CT molecular complexity index is 692. The third kappa shape index (κ3) is 8.19. The maximum atomic E-state index is 11.8. The Morgan fingerprint density at radius 3 is 2.38 bits per heavy atom. The molecule has 0 radical (unpaired) electrons. The summed E-state index contributed by atoms with van der Waals surface area (Å²) in [5, 5.41) is 0. The van der Waals surface area contributed by atoms with Gasteiger partial charge in [-0.1, -0.05) is 39.0 Å². The molecule has 0 spiro atoms. The van der Waals surface area contributed by atoms with Gasteiger partial charge in [-0.25, -0.2) is 4.79 Å². The van der Waals surface area contributed by atoms with E-state index in [2.05, 4.69) is 22.9 Å². The van der Waals surface area contributed by atoms with Crippen LogP contribution in [-0.4, -0.2) is 12.6 Å². The summed E-state index contributed by atoms with van der Waals surface area (Å²) in [6, 6.07) is 11.1. The molecule has 5 heteroatoms. The number of hydrogen-bond acceptors (Lipinski definition) is 4. The van der Waals surface area contributed by atoms with E-state index in [-0.39, 0.29) is 0 Å². The topological polar surface area (TPSA) is 35.5 Å². The van der Waals surface area contributed by atoms with Gasteiger partial charge in [0.25, 0.3) is 0 Å². The molecule has 0 saturated heterocycles. The van der Waals surface area contributed by atoms with Crippen molar-refractivity contribution in [2.75, 3.05) is 6.61 Å². The molecule has 0 aliphatic heterocycles. The molecule has 0 unspecified atom stereocenters. The van der Waals surface area contributed by atoms with Gasteiger partial charge in [-0.15, -0.1) is 11.3 Å². The summed E-state index contributed by atoms with van der Waals surface area (Å²) in [5.41, 5.74) is 0. The van der Waals surface area contributed by atoms with Crippen LogP contribution in [0.4, 0.5) is 0 Å². The van der Waals surface area contributed by atoms with E-state index in [1.165, 1.54) is 38.2 Å². The fraction of sp³-hybridized carbons (Fsp3) is 0.381. The van der Waals surface area contributed by atoms with Crippen molar-refractivity contribution in [3.63, 3.8) is 0 Å². The number of benzene rings is 1. The van der Waals surface area contributed by atoms with E-state index < -0.39 is 5.97 Å². The van der Waals surface area contributed by atoms with Crippen LogP contribution in [0.1, 0.15) is 50.3 Å². The molecule has 0 bridgehead atoms. The van der Waals surface area contributed by atoms with Crippen LogP contribution >= 0.6 is 27.3 Å². The van der Waals surface area contributed by atoms with Crippen LogP contribution in [0.2, 0.25) is 0 Å². The molecule has 0 aliphatic carbocycles. The summed E-state index contributed by atoms with van der Waals surface area (Å²) in [6.07, 6.45) is 10.6. The molecule has 0 amide bonds. The summed E-state index contributed by atoms with van der Waals surface area (Å²) < 4.78 is 12.0. The van der Waals surface area contributed by atoms with Crippen molar-refractivity contribution in [3.8, 4) is 11.5 Å². The van der Waals surface area contributed by atoms with Crippen molar-refractivity contribution in [1.29, 1.82) is 0 Å². The standard InChI is InChI=1S/C21H25BrO3S/c1-2-3-4-5-6-7-16-24-17-8-10-18(11-9-17)25-21(23)15-13-19-12-14-20(22)26-19/h8-15H,2-7,16H2,1H3. The van der Waals surface area contributed by atoms with E-state index in [0.29, 0.717) is 5.75 Å². The largest absolute Gasteiger partial charge is 0.494 e. The van der Waals surface area contributed by atoms with Crippen LogP contribution in [0.15, 0.2) is 46.3 Å². The molecule has 0 saturated carbocycles. The minimum Gasteiger partial charge on any atom is -0.494 e. The number of hydrogen-bond donors (Lipinski definition) is 0. The smallest absolute Gasteiger partial charge is 0.336 e. The number of carbonyl (C=O) groups is 1. The van der Waals surface area contributed by atoms with E-state index in [9.17, 15) is 4.79 Å². The van der Waals surface area contributed by atoms with Crippen molar-refractivity contribution < 1.29 is 14.3 Å². The highest BCUT2D eigenvalue weighted by Gasteiger charge is 2.02. The van der Waals surface area contributed by atoms with Crippen molar-refractivity contribution in [2.24, 2.45) is 0 Å². The first kappa shape index (κ1) is 20.7. The van der Waals surface area contributed by atoms with Gasteiger partial charge in [0.05, 0.1) is 10.4 Å². The summed E-state index contributed by atoms with van der Waals surface area (Å²) in [5.74, 6) is 0.923. The van der Waals surface area contributed by atoms with Gasteiger partial charge in [0, 0.05) is 11.0 Å². The first-order valence-electron chi connectivity index (χ1n) is 9.05. The molecule has 1 aromatic heterocycles. The molecule has 0 aliphatic rings. The predicted molar refractivity (Wildman–Crippen MR) is 112 cm³/mol. The van der Waals surface area contributed by atoms with Gasteiger partial charge in [0.1, 0.15) is 11.5 Å². The summed E-state index contributed by atoms with van der Waals surface area (Å²) >= 11 is 4.95. The fourth-order valence-corrected chi connectivity index (χ4v) is 3.72. The van der Waals surface area contributed by atoms with Crippen molar-refractivity contribution in [2.45, 2.75) is 45.4 Å².